The van der Waals surface area contributed by atoms with Crippen molar-refractivity contribution in [3.05, 3.63) is 70.2 Å². The Bertz CT molecular complexity index is 928. The molecule has 0 saturated heterocycles. The summed E-state index contributed by atoms with van der Waals surface area (Å²) in [5, 5.41) is 20.0. The lowest BCUT2D eigenvalue weighted by Gasteiger charge is -2.18. The van der Waals surface area contributed by atoms with Crippen molar-refractivity contribution in [1.29, 1.82) is 0 Å². The number of amides is 1. The van der Waals surface area contributed by atoms with Gasteiger partial charge >= 0.3 is 5.97 Å². The Labute approximate surface area is 178 Å². The Kier molecular flexibility index (Phi) is 7.42. The van der Waals surface area contributed by atoms with Gasteiger partial charge in [-0.2, -0.15) is 12.6 Å². The van der Waals surface area contributed by atoms with E-state index in [2.05, 4.69) is 28.3 Å². The summed E-state index contributed by atoms with van der Waals surface area (Å²) in [6.07, 6.45) is 4.66. The molecule has 0 radical (unpaired) electrons. The largest absolute Gasteiger partial charge is 0.479 e. The van der Waals surface area contributed by atoms with Crippen LogP contribution in [0.25, 0.3) is 0 Å². The molecule has 2 unspecified atom stereocenters. The van der Waals surface area contributed by atoms with Crippen LogP contribution in [-0.4, -0.2) is 37.7 Å². The van der Waals surface area contributed by atoms with Gasteiger partial charge in [0.15, 0.2) is 6.04 Å². The Hall–Kier alpha value is -2.65. The van der Waals surface area contributed by atoms with Crippen LogP contribution in [0.2, 0.25) is 0 Å². The van der Waals surface area contributed by atoms with Crippen molar-refractivity contribution in [3.63, 3.8) is 0 Å². The number of aryl methyl sites for hydroxylation is 1. The van der Waals surface area contributed by atoms with E-state index in [9.17, 15) is 14.7 Å². The highest BCUT2D eigenvalue weighted by Crippen LogP contribution is 2.25. The highest BCUT2D eigenvalue weighted by Gasteiger charge is 2.27. The third-order valence-electron chi connectivity index (χ3n) is 4.51. The van der Waals surface area contributed by atoms with E-state index in [4.69, 9.17) is 0 Å². The molecule has 1 aromatic carbocycles. The number of rotatable bonds is 10. The summed E-state index contributed by atoms with van der Waals surface area (Å²) in [4.78, 5) is 26.0. The number of aromatic nitrogens is 3. The number of carboxylic acid groups (broad SMARTS) is 1. The van der Waals surface area contributed by atoms with Gasteiger partial charge in [0.05, 0.1) is 12.7 Å². The number of benzene rings is 1. The summed E-state index contributed by atoms with van der Waals surface area (Å²) in [7, 11) is 0. The Morgan fingerprint density at radius 3 is 2.66 bits per heavy atom. The molecule has 0 saturated carbocycles. The maximum atomic E-state index is 12.7. The van der Waals surface area contributed by atoms with Gasteiger partial charge in [-0.05, 0) is 30.5 Å². The maximum absolute atomic E-state index is 12.7. The number of hydrogen-bond acceptors (Lipinski definition) is 6. The molecule has 2 heterocycles. The average molecular weight is 431 g/mol. The Morgan fingerprint density at radius 2 is 2.00 bits per heavy atom. The van der Waals surface area contributed by atoms with Gasteiger partial charge < -0.3 is 10.4 Å². The van der Waals surface area contributed by atoms with Crippen LogP contribution < -0.4 is 5.32 Å². The molecule has 2 N–H and O–H groups in total. The van der Waals surface area contributed by atoms with Crippen LogP contribution >= 0.6 is 24.0 Å². The van der Waals surface area contributed by atoms with Gasteiger partial charge in [-0.1, -0.05) is 35.5 Å². The second-order valence-corrected chi connectivity index (χ2v) is 8.15. The lowest BCUT2D eigenvalue weighted by Crippen LogP contribution is -2.38. The summed E-state index contributed by atoms with van der Waals surface area (Å²) in [6, 6.07) is 12.4. The smallest absolute Gasteiger partial charge is 0.331 e. The topological polar surface area (TPSA) is 97.1 Å². The molecule has 0 aliphatic carbocycles. The van der Waals surface area contributed by atoms with E-state index < -0.39 is 12.0 Å². The quantitative estimate of drug-likeness (QED) is 0.430. The Morgan fingerprint density at radius 1 is 1.21 bits per heavy atom. The maximum Gasteiger partial charge on any atom is 0.331 e. The highest BCUT2D eigenvalue weighted by molar-refractivity contribution is 7.80. The molecule has 2 atom stereocenters. The van der Waals surface area contributed by atoms with Gasteiger partial charge in [0.1, 0.15) is 0 Å². The zero-order valence-corrected chi connectivity index (χ0v) is 17.4. The molecule has 3 rings (SSSR count). The molecule has 29 heavy (non-hydrogen) atoms. The van der Waals surface area contributed by atoms with Crippen molar-refractivity contribution in [2.45, 2.75) is 25.4 Å². The lowest BCUT2D eigenvalue weighted by atomic mass is 9.99. The molecule has 152 valence electrons. The van der Waals surface area contributed by atoms with Gasteiger partial charge in [0.2, 0.25) is 5.91 Å². The van der Waals surface area contributed by atoms with Gasteiger partial charge in [-0.15, -0.1) is 16.4 Å². The van der Waals surface area contributed by atoms with Gasteiger partial charge in [-0.3, -0.25) is 4.79 Å². The second-order valence-electron chi connectivity index (χ2n) is 6.59. The molecule has 1 amide bonds. The molecule has 0 fully saturated rings. The van der Waals surface area contributed by atoms with Gasteiger partial charge in [0, 0.05) is 27.6 Å². The van der Waals surface area contributed by atoms with E-state index >= 15 is 0 Å². The summed E-state index contributed by atoms with van der Waals surface area (Å²) < 4.78 is 1.66. The molecule has 9 heteroatoms. The fourth-order valence-corrected chi connectivity index (χ4v) is 4.31. The number of nitrogens with zero attached hydrogens (tertiary/aromatic N) is 3. The van der Waals surface area contributed by atoms with Crippen LogP contribution in [0.1, 0.15) is 27.8 Å². The summed E-state index contributed by atoms with van der Waals surface area (Å²) in [5.41, 5.74) is 1.14. The normalized spacial score (nSPS) is 13.0. The summed E-state index contributed by atoms with van der Waals surface area (Å²) >= 11 is 5.63. The first kappa shape index (κ1) is 21.1. The molecule has 0 bridgehead atoms. The molecular weight excluding hydrogens is 408 g/mol. The van der Waals surface area contributed by atoms with E-state index in [0.717, 1.165) is 16.9 Å². The van der Waals surface area contributed by atoms with Crippen LogP contribution in [0.5, 0.6) is 0 Å². The van der Waals surface area contributed by atoms with Gasteiger partial charge in [-0.25, -0.2) is 9.48 Å². The standard InChI is InChI=1S/C20H22N4O3S2/c25-19(15(13-28)7-6-14-4-2-1-3-5-14)22-18(20(26)27)17-9-8-16(29-17)12-24-11-10-21-23-24/h1-5,8-11,15,18,28H,6-7,12-13H2,(H,22,25)(H,26,27). The molecule has 0 spiro atoms. The molecule has 0 aliphatic rings. The van der Waals surface area contributed by atoms with Crippen LogP contribution in [0.3, 0.4) is 0 Å². The highest BCUT2D eigenvalue weighted by atomic mass is 32.1. The molecular formula is C20H22N4O3S2. The van der Waals surface area contributed by atoms with E-state index in [-0.39, 0.29) is 11.8 Å². The molecule has 0 aliphatic heterocycles. The van der Waals surface area contributed by atoms with E-state index in [1.54, 1.807) is 23.1 Å². The van der Waals surface area contributed by atoms with Crippen molar-refractivity contribution in [2.75, 3.05) is 5.75 Å². The average Bonchev–Trinajstić information content (AvgIpc) is 3.40. The minimum Gasteiger partial charge on any atom is -0.479 e. The predicted octanol–water partition coefficient (Wildman–Crippen LogP) is 2.81. The van der Waals surface area contributed by atoms with Crippen LogP contribution in [0.4, 0.5) is 0 Å². The van der Waals surface area contributed by atoms with E-state index in [1.165, 1.54) is 11.3 Å². The van der Waals surface area contributed by atoms with E-state index in [0.29, 0.717) is 23.6 Å². The van der Waals surface area contributed by atoms with Crippen molar-refractivity contribution in [1.82, 2.24) is 20.3 Å². The number of nitrogens with one attached hydrogen (secondary N) is 1. The number of carbonyl (C=O) groups excluding carboxylic acids is 1. The minimum atomic E-state index is -1.09. The van der Waals surface area contributed by atoms with Crippen LogP contribution in [0.15, 0.2) is 54.9 Å². The monoisotopic (exact) mass is 430 g/mol. The number of hydrogen-bond donors (Lipinski definition) is 3. The van der Waals surface area contributed by atoms with Crippen molar-refractivity contribution < 1.29 is 14.7 Å². The number of carboxylic acids is 1. The summed E-state index contributed by atoms with van der Waals surface area (Å²) in [6.45, 7) is 0.501. The lowest BCUT2D eigenvalue weighted by molar-refractivity contribution is -0.142. The van der Waals surface area contributed by atoms with Gasteiger partial charge in [0.25, 0.3) is 0 Å². The van der Waals surface area contributed by atoms with Crippen molar-refractivity contribution in [3.8, 4) is 0 Å². The van der Waals surface area contributed by atoms with Crippen LogP contribution in [-0.2, 0) is 22.6 Å². The number of thiophene rings is 1. The zero-order chi connectivity index (χ0) is 20.6. The van der Waals surface area contributed by atoms with Crippen molar-refractivity contribution >= 4 is 35.8 Å². The molecule has 3 aromatic rings. The van der Waals surface area contributed by atoms with E-state index in [1.807, 2.05) is 36.4 Å². The zero-order valence-electron chi connectivity index (χ0n) is 15.6. The first-order valence-electron chi connectivity index (χ1n) is 9.17. The van der Waals surface area contributed by atoms with Crippen LogP contribution in [0, 0.1) is 5.92 Å². The third kappa shape index (κ3) is 5.91. The number of aliphatic carboxylic acids is 1. The molecule has 7 nitrogen and oxygen atoms in total. The second kappa shape index (κ2) is 10.2. The number of carbonyl (C=O) groups is 2. The first-order valence-corrected chi connectivity index (χ1v) is 10.6. The fraction of sp³-hybridized carbons (Fsp3) is 0.300. The number of thiol groups is 1. The fourth-order valence-electron chi connectivity index (χ4n) is 2.92. The first-order chi connectivity index (χ1) is 14.1. The SMILES string of the molecule is O=C(NC(C(=O)O)c1ccc(Cn2ccnn2)s1)C(CS)CCc1ccccc1. The minimum absolute atomic E-state index is 0.297. The summed E-state index contributed by atoms with van der Waals surface area (Å²) in [5.74, 6) is -1.40. The Balaban J connectivity index is 1.63. The molecule has 2 aromatic heterocycles. The predicted molar refractivity (Wildman–Crippen MR) is 114 cm³/mol. The third-order valence-corrected chi connectivity index (χ3v) is 6.08. The van der Waals surface area contributed by atoms with Crippen molar-refractivity contribution in [2.24, 2.45) is 5.92 Å².